The lowest BCUT2D eigenvalue weighted by Crippen LogP contribution is -2.34. The van der Waals surface area contributed by atoms with E-state index in [4.69, 9.17) is 0 Å². The molecule has 0 spiro atoms. The fourth-order valence-corrected chi connectivity index (χ4v) is 2.15. The van der Waals surface area contributed by atoms with E-state index in [9.17, 15) is 0 Å². The Kier molecular flexibility index (Phi) is 3.69. The smallest absolute Gasteiger partial charge is 0.0271 e. The van der Waals surface area contributed by atoms with E-state index in [1.165, 1.54) is 24.9 Å². The van der Waals surface area contributed by atoms with Crippen LogP contribution in [-0.4, -0.2) is 36.1 Å². The molecular weight excluding hydrogens is 186 g/mol. The first-order valence-electron chi connectivity index (χ1n) is 5.65. The highest BCUT2D eigenvalue weighted by molar-refractivity contribution is 5.09. The number of aromatic nitrogens is 1. The van der Waals surface area contributed by atoms with E-state index in [2.05, 4.69) is 34.4 Å². The minimum atomic E-state index is 0.692. The highest BCUT2D eigenvalue weighted by atomic mass is 15.1. The molecule has 0 radical (unpaired) electrons. The van der Waals surface area contributed by atoms with Crippen LogP contribution in [0, 0.1) is 0 Å². The maximum Gasteiger partial charge on any atom is 0.0271 e. The molecule has 1 aliphatic rings. The van der Waals surface area contributed by atoms with Crippen molar-refractivity contribution < 1.29 is 0 Å². The molecule has 0 bridgehead atoms. The highest BCUT2D eigenvalue weighted by Gasteiger charge is 2.15. The number of pyridine rings is 1. The summed E-state index contributed by atoms with van der Waals surface area (Å²) in [6.07, 6.45) is 6.36. The van der Waals surface area contributed by atoms with Crippen LogP contribution in [0.1, 0.15) is 18.4 Å². The molecule has 2 rings (SSSR count). The molecule has 1 aliphatic heterocycles. The van der Waals surface area contributed by atoms with Crippen LogP contribution in [0.5, 0.6) is 0 Å². The van der Waals surface area contributed by atoms with Gasteiger partial charge in [-0.15, -0.1) is 0 Å². The van der Waals surface area contributed by atoms with Crippen molar-refractivity contribution >= 4 is 0 Å². The quantitative estimate of drug-likeness (QED) is 0.802. The van der Waals surface area contributed by atoms with Crippen LogP contribution in [0.4, 0.5) is 0 Å². The standard InChI is InChI=1S/C12H19N3/c1-15(10-12-3-2-6-14-12)9-11-4-7-13-8-5-11/h4-5,7-8,12,14H,2-3,6,9-10H2,1H3/t12-/m1/s1. The second kappa shape index (κ2) is 5.24. The molecule has 1 aromatic rings. The van der Waals surface area contributed by atoms with Gasteiger partial charge in [-0.1, -0.05) is 0 Å². The van der Waals surface area contributed by atoms with E-state index < -0.39 is 0 Å². The molecule has 3 nitrogen and oxygen atoms in total. The Bertz CT molecular complexity index is 280. The van der Waals surface area contributed by atoms with Gasteiger partial charge in [0.15, 0.2) is 0 Å². The molecule has 0 aliphatic carbocycles. The Morgan fingerprint density at radius 3 is 2.93 bits per heavy atom. The van der Waals surface area contributed by atoms with E-state index in [0.29, 0.717) is 6.04 Å². The fraction of sp³-hybridized carbons (Fsp3) is 0.583. The molecule has 2 heterocycles. The van der Waals surface area contributed by atoms with Gasteiger partial charge in [0.05, 0.1) is 0 Å². The summed E-state index contributed by atoms with van der Waals surface area (Å²) in [5.41, 5.74) is 1.34. The van der Waals surface area contributed by atoms with Gasteiger partial charge in [-0.2, -0.15) is 0 Å². The van der Waals surface area contributed by atoms with Gasteiger partial charge in [0.1, 0.15) is 0 Å². The van der Waals surface area contributed by atoms with E-state index in [0.717, 1.165) is 13.1 Å². The Hall–Kier alpha value is -0.930. The predicted molar refractivity (Wildman–Crippen MR) is 61.6 cm³/mol. The molecule has 0 aromatic carbocycles. The van der Waals surface area contributed by atoms with Crippen molar-refractivity contribution in [1.29, 1.82) is 0 Å². The first-order chi connectivity index (χ1) is 7.34. The summed E-state index contributed by atoms with van der Waals surface area (Å²) in [5.74, 6) is 0. The first kappa shape index (κ1) is 10.6. The third kappa shape index (κ3) is 3.29. The Labute approximate surface area is 91.5 Å². The number of nitrogens with one attached hydrogen (secondary N) is 1. The van der Waals surface area contributed by atoms with Gasteiger partial charge in [0.2, 0.25) is 0 Å². The minimum Gasteiger partial charge on any atom is -0.313 e. The summed E-state index contributed by atoms with van der Waals surface area (Å²) < 4.78 is 0. The molecule has 0 amide bonds. The van der Waals surface area contributed by atoms with Gasteiger partial charge >= 0.3 is 0 Å². The Balaban J connectivity index is 1.79. The van der Waals surface area contributed by atoms with Crippen LogP contribution >= 0.6 is 0 Å². The number of rotatable bonds is 4. The van der Waals surface area contributed by atoms with Crippen LogP contribution < -0.4 is 5.32 Å². The van der Waals surface area contributed by atoms with Crippen molar-refractivity contribution in [3.63, 3.8) is 0 Å². The van der Waals surface area contributed by atoms with Gasteiger partial charge in [0, 0.05) is 31.5 Å². The zero-order valence-electron chi connectivity index (χ0n) is 9.32. The lowest BCUT2D eigenvalue weighted by atomic mass is 10.2. The topological polar surface area (TPSA) is 28.2 Å². The molecule has 1 atom stereocenters. The van der Waals surface area contributed by atoms with Gasteiger partial charge in [-0.05, 0) is 44.1 Å². The monoisotopic (exact) mass is 205 g/mol. The molecule has 1 saturated heterocycles. The number of hydrogen-bond acceptors (Lipinski definition) is 3. The second-order valence-corrected chi connectivity index (χ2v) is 4.35. The molecule has 0 saturated carbocycles. The van der Waals surface area contributed by atoms with Crippen molar-refractivity contribution in [2.75, 3.05) is 20.1 Å². The molecule has 15 heavy (non-hydrogen) atoms. The number of nitrogens with zero attached hydrogens (tertiary/aromatic N) is 2. The van der Waals surface area contributed by atoms with Crippen LogP contribution in [-0.2, 0) is 6.54 Å². The molecule has 0 unspecified atom stereocenters. The summed E-state index contributed by atoms with van der Waals surface area (Å²) in [4.78, 5) is 6.40. The van der Waals surface area contributed by atoms with Crippen LogP contribution in [0.15, 0.2) is 24.5 Å². The lowest BCUT2D eigenvalue weighted by Gasteiger charge is -2.20. The van der Waals surface area contributed by atoms with Gasteiger partial charge in [0.25, 0.3) is 0 Å². The van der Waals surface area contributed by atoms with Crippen molar-refractivity contribution in [2.45, 2.75) is 25.4 Å². The van der Waals surface area contributed by atoms with Crippen LogP contribution in [0.25, 0.3) is 0 Å². The average molecular weight is 205 g/mol. The largest absolute Gasteiger partial charge is 0.313 e. The Morgan fingerprint density at radius 1 is 1.47 bits per heavy atom. The number of likely N-dealkylation sites (N-methyl/N-ethyl adjacent to an activating group) is 1. The van der Waals surface area contributed by atoms with Crippen molar-refractivity contribution in [3.8, 4) is 0 Å². The molecule has 1 aromatic heterocycles. The van der Waals surface area contributed by atoms with E-state index >= 15 is 0 Å². The Morgan fingerprint density at radius 2 is 2.27 bits per heavy atom. The maximum atomic E-state index is 4.03. The summed E-state index contributed by atoms with van der Waals surface area (Å²) in [6.45, 7) is 3.34. The summed E-state index contributed by atoms with van der Waals surface area (Å²) in [5, 5.41) is 3.52. The van der Waals surface area contributed by atoms with Crippen molar-refractivity contribution in [1.82, 2.24) is 15.2 Å². The zero-order chi connectivity index (χ0) is 10.5. The molecule has 82 valence electrons. The third-order valence-corrected chi connectivity index (χ3v) is 2.90. The van der Waals surface area contributed by atoms with Crippen LogP contribution in [0.3, 0.4) is 0 Å². The van der Waals surface area contributed by atoms with Gasteiger partial charge in [-0.25, -0.2) is 0 Å². The van der Waals surface area contributed by atoms with Crippen molar-refractivity contribution in [3.05, 3.63) is 30.1 Å². The molecular formula is C12H19N3. The summed E-state index contributed by atoms with van der Waals surface area (Å²) >= 11 is 0. The average Bonchev–Trinajstić information content (AvgIpc) is 2.71. The fourth-order valence-electron chi connectivity index (χ4n) is 2.15. The normalized spacial score (nSPS) is 21.1. The third-order valence-electron chi connectivity index (χ3n) is 2.90. The second-order valence-electron chi connectivity index (χ2n) is 4.35. The van der Waals surface area contributed by atoms with E-state index in [-0.39, 0.29) is 0 Å². The minimum absolute atomic E-state index is 0.692. The number of hydrogen-bond donors (Lipinski definition) is 1. The lowest BCUT2D eigenvalue weighted by molar-refractivity contribution is 0.293. The van der Waals surface area contributed by atoms with E-state index in [1.54, 1.807) is 0 Å². The van der Waals surface area contributed by atoms with E-state index in [1.807, 2.05) is 12.4 Å². The van der Waals surface area contributed by atoms with Gasteiger partial charge < -0.3 is 10.2 Å². The highest BCUT2D eigenvalue weighted by Crippen LogP contribution is 2.08. The first-order valence-corrected chi connectivity index (χ1v) is 5.65. The summed E-state index contributed by atoms with van der Waals surface area (Å²) in [7, 11) is 2.18. The maximum absolute atomic E-state index is 4.03. The van der Waals surface area contributed by atoms with Crippen LogP contribution in [0.2, 0.25) is 0 Å². The zero-order valence-corrected chi connectivity index (χ0v) is 9.32. The SMILES string of the molecule is CN(Cc1ccncc1)C[C@H]1CCCN1. The molecule has 1 fully saturated rings. The van der Waals surface area contributed by atoms with Crippen molar-refractivity contribution in [2.24, 2.45) is 0 Å². The molecule has 3 heteroatoms. The molecule has 1 N–H and O–H groups in total. The van der Waals surface area contributed by atoms with Gasteiger partial charge in [-0.3, -0.25) is 4.98 Å². The summed E-state index contributed by atoms with van der Waals surface area (Å²) in [6, 6.07) is 4.86. The predicted octanol–water partition coefficient (Wildman–Crippen LogP) is 1.27.